The van der Waals surface area contributed by atoms with Crippen molar-refractivity contribution in [2.24, 2.45) is 5.92 Å². The number of ether oxygens (including phenoxy) is 1. The van der Waals surface area contributed by atoms with E-state index in [0.717, 1.165) is 30.8 Å². The first kappa shape index (κ1) is 18.0. The Kier molecular flexibility index (Phi) is 6.27. The number of anilines is 1. The Morgan fingerprint density at radius 1 is 1.30 bits per heavy atom. The van der Waals surface area contributed by atoms with Crippen molar-refractivity contribution in [2.75, 3.05) is 25.5 Å². The fraction of sp³-hybridized carbons (Fsp3) is 0.500. The second-order valence-electron chi connectivity index (χ2n) is 5.79. The lowest BCUT2D eigenvalue weighted by Crippen LogP contribution is -3.17. The highest BCUT2D eigenvalue weighted by atomic mass is 35.5. The van der Waals surface area contributed by atoms with Crippen LogP contribution in [-0.2, 0) is 14.3 Å². The Hall–Kier alpha value is -1.30. The maximum absolute atomic E-state index is 12.4. The van der Waals surface area contributed by atoms with Gasteiger partial charge in [-0.1, -0.05) is 23.2 Å². The van der Waals surface area contributed by atoms with Crippen molar-refractivity contribution in [2.45, 2.75) is 25.8 Å². The minimum Gasteiger partial charge on any atom is -0.469 e. The third-order valence-electron chi connectivity index (χ3n) is 4.36. The largest absolute Gasteiger partial charge is 0.469 e. The number of hydrogen-bond donors (Lipinski definition) is 2. The number of piperidine rings is 1. The number of esters is 1. The molecule has 0 bridgehead atoms. The fourth-order valence-corrected chi connectivity index (χ4v) is 3.30. The van der Waals surface area contributed by atoms with E-state index >= 15 is 0 Å². The van der Waals surface area contributed by atoms with Crippen LogP contribution in [0.15, 0.2) is 18.2 Å². The number of nitrogens with one attached hydrogen (secondary N) is 2. The van der Waals surface area contributed by atoms with Gasteiger partial charge in [0.25, 0.3) is 5.91 Å². The molecule has 1 heterocycles. The number of quaternary nitrogens is 1. The van der Waals surface area contributed by atoms with Crippen LogP contribution in [0.1, 0.15) is 19.8 Å². The minimum absolute atomic E-state index is 0.0512. The van der Waals surface area contributed by atoms with Crippen molar-refractivity contribution >= 4 is 40.8 Å². The molecule has 0 radical (unpaired) electrons. The summed E-state index contributed by atoms with van der Waals surface area (Å²) in [6.45, 7) is 3.42. The Labute approximate surface area is 145 Å². The lowest BCUT2D eigenvalue weighted by atomic mass is 9.96. The van der Waals surface area contributed by atoms with Gasteiger partial charge in [0.05, 0.1) is 36.8 Å². The van der Waals surface area contributed by atoms with Gasteiger partial charge >= 0.3 is 5.97 Å². The van der Waals surface area contributed by atoms with E-state index in [0.29, 0.717) is 15.7 Å². The molecule has 126 valence electrons. The molecular formula is C16H21Cl2N2O3+. The first-order chi connectivity index (χ1) is 10.9. The molecule has 0 spiro atoms. The van der Waals surface area contributed by atoms with E-state index in [1.807, 2.05) is 6.92 Å². The lowest BCUT2D eigenvalue weighted by Gasteiger charge is -2.31. The topological polar surface area (TPSA) is 59.8 Å². The van der Waals surface area contributed by atoms with Gasteiger partial charge in [0.1, 0.15) is 0 Å². The highest BCUT2D eigenvalue weighted by Gasteiger charge is 2.33. The van der Waals surface area contributed by atoms with Gasteiger partial charge in [-0.25, -0.2) is 0 Å². The van der Waals surface area contributed by atoms with Crippen LogP contribution in [0.4, 0.5) is 5.69 Å². The van der Waals surface area contributed by atoms with Crippen LogP contribution in [0.5, 0.6) is 0 Å². The summed E-state index contributed by atoms with van der Waals surface area (Å²) >= 11 is 11.9. The van der Waals surface area contributed by atoms with Gasteiger partial charge < -0.3 is 15.0 Å². The van der Waals surface area contributed by atoms with Crippen LogP contribution in [0, 0.1) is 5.92 Å². The van der Waals surface area contributed by atoms with Gasteiger partial charge in [0.15, 0.2) is 6.04 Å². The van der Waals surface area contributed by atoms with Crippen molar-refractivity contribution in [1.82, 2.24) is 0 Å². The van der Waals surface area contributed by atoms with E-state index in [9.17, 15) is 9.59 Å². The molecule has 1 atom stereocenters. The summed E-state index contributed by atoms with van der Waals surface area (Å²) in [5.41, 5.74) is 0.553. The zero-order valence-electron chi connectivity index (χ0n) is 13.2. The summed E-state index contributed by atoms with van der Waals surface area (Å²) < 4.78 is 4.78. The van der Waals surface area contributed by atoms with Gasteiger partial charge in [-0.15, -0.1) is 0 Å². The first-order valence-electron chi connectivity index (χ1n) is 7.60. The number of hydrogen-bond acceptors (Lipinski definition) is 3. The molecule has 0 aliphatic carbocycles. The second kappa shape index (κ2) is 7.99. The fourth-order valence-electron chi connectivity index (χ4n) is 2.84. The number of methoxy groups -OCH3 is 1. The number of benzene rings is 1. The average molecular weight is 360 g/mol. The van der Waals surface area contributed by atoms with Crippen LogP contribution in [0.2, 0.25) is 10.0 Å². The summed E-state index contributed by atoms with van der Waals surface area (Å²) in [5.74, 6) is -0.306. The lowest BCUT2D eigenvalue weighted by molar-refractivity contribution is -0.919. The normalized spacial score (nSPS) is 22.3. The van der Waals surface area contributed by atoms with Crippen LogP contribution in [-0.4, -0.2) is 38.1 Å². The van der Waals surface area contributed by atoms with E-state index in [2.05, 4.69) is 5.32 Å². The van der Waals surface area contributed by atoms with Gasteiger partial charge in [-0.05, 0) is 25.1 Å². The minimum atomic E-state index is -0.222. The average Bonchev–Trinajstić information content (AvgIpc) is 2.56. The van der Waals surface area contributed by atoms with Crippen molar-refractivity contribution in [3.8, 4) is 0 Å². The van der Waals surface area contributed by atoms with E-state index in [1.165, 1.54) is 7.11 Å². The molecule has 2 rings (SSSR count). The molecule has 0 saturated carbocycles. The van der Waals surface area contributed by atoms with Gasteiger partial charge in [0.2, 0.25) is 0 Å². The molecule has 1 saturated heterocycles. The Bertz CT molecular complexity index is 587. The van der Waals surface area contributed by atoms with Crippen LogP contribution in [0.3, 0.4) is 0 Å². The standard InChI is InChI=1S/C16H20Cl2N2O3/c1-10(20-7-5-11(6-8-20)16(22)23-2)15(21)19-14-4-3-12(17)9-13(14)18/h3-4,9-11H,5-8H2,1-2H3,(H,19,21)/p+1/t10-/m1/s1. The zero-order chi connectivity index (χ0) is 17.0. The van der Waals surface area contributed by atoms with E-state index in [1.54, 1.807) is 18.2 Å². The molecule has 1 aliphatic rings. The summed E-state index contributed by atoms with van der Waals surface area (Å²) in [7, 11) is 1.41. The number of rotatable bonds is 4. The predicted octanol–water partition coefficient (Wildman–Crippen LogP) is 1.79. The molecule has 1 amide bonds. The van der Waals surface area contributed by atoms with Gasteiger partial charge in [-0.3, -0.25) is 9.59 Å². The van der Waals surface area contributed by atoms with E-state index in [-0.39, 0.29) is 23.8 Å². The predicted molar refractivity (Wildman–Crippen MR) is 90.0 cm³/mol. The maximum Gasteiger partial charge on any atom is 0.309 e. The quantitative estimate of drug-likeness (QED) is 0.805. The number of carbonyl (C=O) groups excluding carboxylic acids is 2. The Morgan fingerprint density at radius 3 is 2.52 bits per heavy atom. The van der Waals surface area contributed by atoms with Crippen molar-refractivity contribution in [3.63, 3.8) is 0 Å². The number of amides is 1. The monoisotopic (exact) mass is 359 g/mol. The molecular weight excluding hydrogens is 339 g/mol. The van der Waals surface area contributed by atoms with Crippen molar-refractivity contribution in [3.05, 3.63) is 28.2 Å². The molecule has 1 aliphatic heterocycles. The maximum atomic E-state index is 12.4. The summed E-state index contributed by atoms with van der Waals surface area (Å²) in [5, 5.41) is 3.78. The third kappa shape index (κ3) is 4.59. The molecule has 1 aromatic carbocycles. The molecule has 23 heavy (non-hydrogen) atoms. The highest BCUT2D eigenvalue weighted by molar-refractivity contribution is 6.36. The van der Waals surface area contributed by atoms with Crippen molar-refractivity contribution in [1.29, 1.82) is 0 Å². The van der Waals surface area contributed by atoms with Gasteiger partial charge in [0, 0.05) is 17.9 Å². The van der Waals surface area contributed by atoms with Crippen LogP contribution < -0.4 is 10.2 Å². The molecule has 0 unspecified atom stereocenters. The second-order valence-corrected chi connectivity index (χ2v) is 6.63. The van der Waals surface area contributed by atoms with Crippen molar-refractivity contribution < 1.29 is 19.2 Å². The van der Waals surface area contributed by atoms with Crippen LogP contribution in [0.25, 0.3) is 0 Å². The van der Waals surface area contributed by atoms with Gasteiger partial charge in [-0.2, -0.15) is 0 Å². The SMILES string of the molecule is COC(=O)C1CC[NH+]([C@H](C)C(=O)Nc2ccc(Cl)cc2Cl)CC1. The van der Waals surface area contributed by atoms with E-state index in [4.69, 9.17) is 27.9 Å². The Morgan fingerprint density at radius 2 is 1.96 bits per heavy atom. The summed E-state index contributed by atoms with van der Waals surface area (Å²) in [4.78, 5) is 25.1. The third-order valence-corrected chi connectivity index (χ3v) is 4.90. The molecule has 1 aromatic rings. The summed E-state index contributed by atoms with van der Waals surface area (Å²) in [6.07, 6.45) is 1.47. The molecule has 2 N–H and O–H groups in total. The molecule has 1 fully saturated rings. The molecule has 5 nitrogen and oxygen atoms in total. The number of likely N-dealkylation sites (tertiary alicyclic amines) is 1. The molecule has 0 aromatic heterocycles. The Balaban J connectivity index is 1.92. The number of carbonyl (C=O) groups is 2. The zero-order valence-corrected chi connectivity index (χ0v) is 14.7. The van der Waals surface area contributed by atoms with E-state index < -0.39 is 0 Å². The smallest absolute Gasteiger partial charge is 0.309 e. The number of halogens is 2. The first-order valence-corrected chi connectivity index (χ1v) is 8.36. The van der Waals surface area contributed by atoms with Crippen LogP contribution >= 0.6 is 23.2 Å². The highest BCUT2D eigenvalue weighted by Crippen LogP contribution is 2.25. The molecule has 7 heteroatoms. The summed E-state index contributed by atoms with van der Waals surface area (Å²) in [6, 6.07) is 4.74.